The van der Waals surface area contributed by atoms with E-state index in [4.69, 9.17) is 0 Å². The fraction of sp³-hybridized carbons (Fsp3) is 0.417. The van der Waals surface area contributed by atoms with Crippen LogP contribution >= 0.6 is 15.9 Å². The molecule has 1 nitrogen and oxygen atoms in total. The normalized spacial score (nSPS) is 17.9. The van der Waals surface area contributed by atoms with Gasteiger partial charge in [0.25, 0.3) is 0 Å². The Labute approximate surface area is 92.6 Å². The van der Waals surface area contributed by atoms with Gasteiger partial charge in [-0.15, -0.1) is 0 Å². The molecule has 1 aliphatic carbocycles. The Bertz CT molecular complexity index is 392. The van der Waals surface area contributed by atoms with Crippen molar-refractivity contribution in [3.05, 3.63) is 33.3 Å². The number of carbonyl (C=O) groups excluding carboxylic acids is 1. The van der Waals surface area contributed by atoms with Crippen molar-refractivity contribution in [3.8, 4) is 0 Å². The molecule has 1 aliphatic rings. The van der Waals surface area contributed by atoms with Gasteiger partial charge in [-0.25, -0.2) is 0 Å². The smallest absolute Gasteiger partial charge is 0.130 e. The molecule has 1 aromatic rings. The largest absolute Gasteiger partial charge is 0.302 e. The molecule has 0 aromatic heterocycles. The number of benzene rings is 1. The summed E-state index contributed by atoms with van der Waals surface area (Å²) in [5.41, 5.74) is 3.49. The predicted molar refractivity (Wildman–Crippen MR) is 60.6 cm³/mol. The molecule has 0 unspecified atom stereocenters. The molecule has 0 aliphatic heterocycles. The van der Waals surface area contributed by atoms with Gasteiger partial charge in [0.2, 0.25) is 0 Å². The average molecular weight is 253 g/mol. The summed E-state index contributed by atoms with van der Waals surface area (Å²) in [6.45, 7) is 4.15. The highest BCUT2D eigenvalue weighted by atomic mass is 79.9. The number of aldehydes is 1. The third-order valence-corrected chi connectivity index (χ3v) is 4.35. The summed E-state index contributed by atoms with van der Waals surface area (Å²) in [6, 6.07) is 4.17. The standard InChI is InChI=1S/C12H13BrO/c1-8-3-4-10(9(2)11(8)13)12(7-14)5-6-12/h3-4,7H,5-6H2,1-2H3. The van der Waals surface area contributed by atoms with Crippen LogP contribution in [0.4, 0.5) is 0 Å². The lowest BCUT2D eigenvalue weighted by Gasteiger charge is -2.14. The quantitative estimate of drug-likeness (QED) is 0.739. The summed E-state index contributed by atoms with van der Waals surface area (Å²) in [6.07, 6.45) is 3.12. The summed E-state index contributed by atoms with van der Waals surface area (Å²) in [5.74, 6) is 0. The van der Waals surface area contributed by atoms with E-state index in [1.807, 2.05) is 0 Å². The topological polar surface area (TPSA) is 17.1 Å². The number of hydrogen-bond acceptors (Lipinski definition) is 1. The van der Waals surface area contributed by atoms with E-state index in [1.165, 1.54) is 16.7 Å². The van der Waals surface area contributed by atoms with E-state index in [-0.39, 0.29) is 5.41 Å². The molecule has 0 N–H and O–H groups in total. The first-order valence-corrected chi connectivity index (χ1v) is 5.62. The van der Waals surface area contributed by atoms with Gasteiger partial charge in [0.15, 0.2) is 0 Å². The van der Waals surface area contributed by atoms with Crippen LogP contribution in [0.25, 0.3) is 0 Å². The van der Waals surface area contributed by atoms with E-state index in [2.05, 4.69) is 41.9 Å². The Morgan fingerprint density at radius 2 is 2.00 bits per heavy atom. The molecule has 1 saturated carbocycles. The second-order valence-electron chi connectivity index (χ2n) is 4.14. The summed E-state index contributed by atoms with van der Waals surface area (Å²) in [5, 5.41) is 0. The molecule has 0 saturated heterocycles. The van der Waals surface area contributed by atoms with E-state index in [0.29, 0.717) is 0 Å². The highest BCUT2D eigenvalue weighted by Crippen LogP contribution is 2.48. The summed E-state index contributed by atoms with van der Waals surface area (Å²) in [7, 11) is 0. The molecule has 0 spiro atoms. The zero-order valence-electron chi connectivity index (χ0n) is 8.43. The number of halogens is 1. The van der Waals surface area contributed by atoms with Gasteiger partial charge in [0, 0.05) is 4.47 Å². The van der Waals surface area contributed by atoms with Crippen molar-refractivity contribution in [2.45, 2.75) is 32.1 Å². The van der Waals surface area contributed by atoms with Gasteiger partial charge in [-0.1, -0.05) is 28.1 Å². The lowest BCUT2D eigenvalue weighted by atomic mass is 9.92. The third kappa shape index (κ3) is 1.33. The zero-order chi connectivity index (χ0) is 10.3. The number of rotatable bonds is 2. The van der Waals surface area contributed by atoms with E-state index < -0.39 is 0 Å². The van der Waals surface area contributed by atoms with Crippen LogP contribution in [0, 0.1) is 13.8 Å². The van der Waals surface area contributed by atoms with Crippen molar-refractivity contribution in [1.82, 2.24) is 0 Å². The highest BCUT2D eigenvalue weighted by molar-refractivity contribution is 9.10. The Hall–Kier alpha value is -0.630. The molecular formula is C12H13BrO. The van der Waals surface area contributed by atoms with Crippen LogP contribution in [0.5, 0.6) is 0 Å². The van der Waals surface area contributed by atoms with Crippen molar-refractivity contribution >= 4 is 22.2 Å². The third-order valence-electron chi connectivity index (χ3n) is 3.13. The van der Waals surface area contributed by atoms with Gasteiger partial charge >= 0.3 is 0 Å². The van der Waals surface area contributed by atoms with Gasteiger partial charge < -0.3 is 4.79 Å². The molecule has 0 bridgehead atoms. The number of hydrogen-bond donors (Lipinski definition) is 0. The maximum Gasteiger partial charge on any atom is 0.130 e. The molecule has 0 amide bonds. The van der Waals surface area contributed by atoms with Gasteiger partial charge in [-0.2, -0.15) is 0 Å². The lowest BCUT2D eigenvalue weighted by molar-refractivity contribution is -0.109. The lowest BCUT2D eigenvalue weighted by Crippen LogP contribution is -2.10. The average Bonchev–Trinajstić information content (AvgIpc) is 2.95. The monoisotopic (exact) mass is 252 g/mol. The van der Waals surface area contributed by atoms with Crippen molar-refractivity contribution in [1.29, 1.82) is 0 Å². The van der Waals surface area contributed by atoms with Crippen LogP contribution in [0.2, 0.25) is 0 Å². The van der Waals surface area contributed by atoms with Crippen LogP contribution in [0.3, 0.4) is 0 Å². The van der Waals surface area contributed by atoms with E-state index >= 15 is 0 Å². The summed E-state index contributed by atoms with van der Waals surface area (Å²) in [4.78, 5) is 11.0. The number of aryl methyl sites for hydroxylation is 1. The van der Waals surface area contributed by atoms with Gasteiger partial charge in [-0.05, 0) is 43.4 Å². The molecule has 0 radical (unpaired) electrons. The van der Waals surface area contributed by atoms with Gasteiger partial charge in [0.1, 0.15) is 6.29 Å². The molecule has 0 atom stereocenters. The maximum absolute atomic E-state index is 11.0. The number of carbonyl (C=O) groups is 1. The SMILES string of the molecule is Cc1ccc(C2(C=O)CC2)c(C)c1Br. The van der Waals surface area contributed by atoms with E-state index in [0.717, 1.165) is 23.6 Å². The predicted octanol–water partition coefficient (Wildman–Crippen LogP) is 3.30. The minimum Gasteiger partial charge on any atom is -0.302 e. The second kappa shape index (κ2) is 3.20. The molecule has 0 heterocycles. The molecule has 74 valence electrons. The van der Waals surface area contributed by atoms with Crippen LogP contribution in [-0.4, -0.2) is 6.29 Å². The van der Waals surface area contributed by atoms with Crippen LogP contribution < -0.4 is 0 Å². The Kier molecular flexibility index (Phi) is 2.26. The van der Waals surface area contributed by atoms with Gasteiger partial charge in [-0.3, -0.25) is 0 Å². The highest BCUT2D eigenvalue weighted by Gasteiger charge is 2.45. The molecular weight excluding hydrogens is 240 g/mol. The van der Waals surface area contributed by atoms with Gasteiger partial charge in [0.05, 0.1) is 5.41 Å². The maximum atomic E-state index is 11.0. The van der Waals surface area contributed by atoms with Crippen LogP contribution in [-0.2, 0) is 10.2 Å². The van der Waals surface area contributed by atoms with Crippen molar-refractivity contribution in [2.24, 2.45) is 0 Å². The summed E-state index contributed by atoms with van der Waals surface area (Å²) >= 11 is 3.56. The Morgan fingerprint density at radius 3 is 2.50 bits per heavy atom. The minimum absolute atomic E-state index is 0.152. The van der Waals surface area contributed by atoms with Crippen molar-refractivity contribution < 1.29 is 4.79 Å². The van der Waals surface area contributed by atoms with E-state index in [1.54, 1.807) is 0 Å². The first kappa shape index (κ1) is 9.91. The van der Waals surface area contributed by atoms with E-state index in [9.17, 15) is 4.79 Å². The molecule has 1 aromatic carbocycles. The Balaban J connectivity index is 2.55. The second-order valence-corrected chi connectivity index (χ2v) is 4.94. The fourth-order valence-corrected chi connectivity index (χ4v) is 2.29. The van der Waals surface area contributed by atoms with Crippen LogP contribution in [0.15, 0.2) is 16.6 Å². The zero-order valence-corrected chi connectivity index (χ0v) is 10.0. The van der Waals surface area contributed by atoms with Crippen molar-refractivity contribution in [3.63, 3.8) is 0 Å². The summed E-state index contributed by atoms with van der Waals surface area (Å²) < 4.78 is 1.14. The van der Waals surface area contributed by atoms with Crippen LogP contribution in [0.1, 0.15) is 29.5 Å². The molecule has 1 fully saturated rings. The first-order chi connectivity index (χ1) is 6.60. The molecule has 2 heteroatoms. The minimum atomic E-state index is -0.152. The fourth-order valence-electron chi connectivity index (χ4n) is 1.95. The molecule has 2 rings (SSSR count). The molecule has 14 heavy (non-hydrogen) atoms. The van der Waals surface area contributed by atoms with Crippen molar-refractivity contribution in [2.75, 3.05) is 0 Å². The Morgan fingerprint density at radius 1 is 1.36 bits per heavy atom. The first-order valence-electron chi connectivity index (χ1n) is 4.83.